The molecule has 0 unspecified atom stereocenters. The van der Waals surface area contributed by atoms with E-state index in [1.165, 1.54) is 5.56 Å². The van der Waals surface area contributed by atoms with Gasteiger partial charge in [0, 0.05) is 0 Å². The molecule has 0 radical (unpaired) electrons. The smallest absolute Gasteiger partial charge is 0.119 e. The van der Waals surface area contributed by atoms with E-state index in [0.717, 1.165) is 11.3 Å². The molecule has 3 heteroatoms. The number of rotatable bonds is 4. The molecular formula is C11H16O3. The predicted molar refractivity (Wildman–Crippen MR) is 54.5 cm³/mol. The lowest BCUT2D eigenvalue weighted by Crippen LogP contribution is -2.21. The fraction of sp³-hybridized carbons (Fsp3) is 0.455. The molecule has 0 spiro atoms. The van der Waals surface area contributed by atoms with Crippen LogP contribution in [0.2, 0.25) is 0 Å². The quantitative estimate of drug-likeness (QED) is 0.756. The Kier molecular flexibility index (Phi) is 3.92. The van der Waals surface area contributed by atoms with Crippen LogP contribution in [0.3, 0.4) is 0 Å². The normalized spacial score (nSPS) is 12.6. The van der Waals surface area contributed by atoms with E-state index in [1.54, 1.807) is 0 Å². The van der Waals surface area contributed by atoms with Gasteiger partial charge in [0.25, 0.3) is 0 Å². The maximum absolute atomic E-state index is 9.07. The largest absolute Gasteiger partial charge is 0.491 e. The van der Waals surface area contributed by atoms with Gasteiger partial charge < -0.3 is 14.9 Å². The molecule has 0 aliphatic rings. The summed E-state index contributed by atoms with van der Waals surface area (Å²) in [4.78, 5) is 0. The highest BCUT2D eigenvalue weighted by molar-refractivity contribution is 5.33. The Morgan fingerprint density at radius 2 is 2.00 bits per heavy atom. The molecule has 0 amide bonds. The highest BCUT2D eigenvalue weighted by atomic mass is 16.5. The summed E-state index contributed by atoms with van der Waals surface area (Å²) in [6, 6.07) is 5.74. The summed E-state index contributed by atoms with van der Waals surface area (Å²) in [6.45, 7) is 3.89. The molecule has 0 fully saturated rings. The summed E-state index contributed by atoms with van der Waals surface area (Å²) in [6.07, 6.45) is -0.809. The van der Waals surface area contributed by atoms with Gasteiger partial charge in [-0.15, -0.1) is 0 Å². The first kappa shape index (κ1) is 11.0. The third kappa shape index (κ3) is 3.01. The molecule has 14 heavy (non-hydrogen) atoms. The van der Waals surface area contributed by atoms with Gasteiger partial charge in [-0.3, -0.25) is 0 Å². The number of hydrogen-bond acceptors (Lipinski definition) is 3. The van der Waals surface area contributed by atoms with Crippen LogP contribution in [-0.2, 0) is 0 Å². The van der Waals surface area contributed by atoms with Crippen molar-refractivity contribution < 1.29 is 14.9 Å². The van der Waals surface area contributed by atoms with Crippen LogP contribution >= 0.6 is 0 Å². The van der Waals surface area contributed by atoms with Gasteiger partial charge in [-0.05, 0) is 37.1 Å². The van der Waals surface area contributed by atoms with Crippen molar-refractivity contribution >= 4 is 0 Å². The molecule has 78 valence electrons. The second-order valence-corrected chi connectivity index (χ2v) is 3.39. The zero-order chi connectivity index (χ0) is 10.6. The predicted octanol–water partition coefficient (Wildman–Crippen LogP) is 1.04. The molecule has 0 aliphatic carbocycles. The first-order valence-corrected chi connectivity index (χ1v) is 4.62. The first-order valence-electron chi connectivity index (χ1n) is 4.62. The SMILES string of the molecule is Cc1ccc(OC[C@@H](O)CO)cc1C. The lowest BCUT2D eigenvalue weighted by atomic mass is 10.1. The Hall–Kier alpha value is -1.06. The lowest BCUT2D eigenvalue weighted by Gasteiger charge is -2.10. The summed E-state index contributed by atoms with van der Waals surface area (Å²) in [5.41, 5.74) is 2.36. The molecule has 0 heterocycles. The highest BCUT2D eigenvalue weighted by Crippen LogP contribution is 2.16. The molecule has 3 nitrogen and oxygen atoms in total. The molecule has 0 aliphatic heterocycles. The van der Waals surface area contributed by atoms with Gasteiger partial charge >= 0.3 is 0 Å². The zero-order valence-electron chi connectivity index (χ0n) is 8.53. The Balaban J connectivity index is 2.55. The summed E-state index contributed by atoms with van der Waals surface area (Å²) in [5, 5.41) is 17.6. The Labute approximate surface area is 84.0 Å². The van der Waals surface area contributed by atoms with E-state index in [1.807, 2.05) is 32.0 Å². The summed E-state index contributed by atoms with van der Waals surface area (Å²) in [5.74, 6) is 0.723. The molecule has 1 atom stereocenters. The van der Waals surface area contributed by atoms with Crippen molar-refractivity contribution in [3.8, 4) is 5.75 Å². The van der Waals surface area contributed by atoms with Crippen molar-refractivity contribution in [3.05, 3.63) is 29.3 Å². The first-order chi connectivity index (χ1) is 6.63. The molecule has 0 saturated heterocycles. The van der Waals surface area contributed by atoms with E-state index >= 15 is 0 Å². The van der Waals surface area contributed by atoms with Crippen LogP contribution in [0.15, 0.2) is 18.2 Å². The van der Waals surface area contributed by atoms with Crippen molar-refractivity contribution in [1.29, 1.82) is 0 Å². The average Bonchev–Trinajstić information content (AvgIpc) is 2.19. The minimum absolute atomic E-state index is 0.124. The van der Waals surface area contributed by atoms with Gasteiger partial charge in [0.2, 0.25) is 0 Å². The van der Waals surface area contributed by atoms with Gasteiger partial charge in [0.1, 0.15) is 18.5 Å². The average molecular weight is 196 g/mol. The maximum atomic E-state index is 9.07. The summed E-state index contributed by atoms with van der Waals surface area (Å²) < 4.78 is 5.28. The Morgan fingerprint density at radius 1 is 1.29 bits per heavy atom. The molecule has 1 rings (SSSR count). The van der Waals surface area contributed by atoms with Crippen LogP contribution in [0.1, 0.15) is 11.1 Å². The second kappa shape index (κ2) is 4.98. The molecule has 2 N–H and O–H groups in total. The standard InChI is InChI=1S/C11H16O3/c1-8-3-4-11(5-9(8)2)14-7-10(13)6-12/h3-5,10,12-13H,6-7H2,1-2H3/t10-/m0/s1. The van der Waals surface area contributed by atoms with Gasteiger partial charge in [-0.2, -0.15) is 0 Å². The van der Waals surface area contributed by atoms with Crippen molar-refractivity contribution in [2.45, 2.75) is 20.0 Å². The van der Waals surface area contributed by atoms with E-state index in [2.05, 4.69) is 0 Å². The number of hydrogen-bond donors (Lipinski definition) is 2. The molecule has 0 saturated carbocycles. The van der Waals surface area contributed by atoms with E-state index in [4.69, 9.17) is 14.9 Å². The Morgan fingerprint density at radius 3 is 2.57 bits per heavy atom. The second-order valence-electron chi connectivity index (χ2n) is 3.39. The number of aliphatic hydroxyl groups excluding tert-OH is 2. The Bertz CT molecular complexity index is 297. The topological polar surface area (TPSA) is 49.7 Å². The van der Waals surface area contributed by atoms with Crippen molar-refractivity contribution in [3.63, 3.8) is 0 Å². The van der Waals surface area contributed by atoms with Crippen molar-refractivity contribution in [2.24, 2.45) is 0 Å². The van der Waals surface area contributed by atoms with Crippen LogP contribution in [0, 0.1) is 13.8 Å². The third-order valence-corrected chi connectivity index (χ3v) is 2.13. The number of ether oxygens (including phenoxy) is 1. The zero-order valence-corrected chi connectivity index (χ0v) is 8.53. The maximum Gasteiger partial charge on any atom is 0.119 e. The van der Waals surface area contributed by atoms with Crippen molar-refractivity contribution in [2.75, 3.05) is 13.2 Å². The van der Waals surface area contributed by atoms with E-state index < -0.39 is 6.10 Å². The van der Waals surface area contributed by atoms with Gasteiger partial charge in [-0.25, -0.2) is 0 Å². The van der Waals surface area contributed by atoms with Crippen molar-refractivity contribution in [1.82, 2.24) is 0 Å². The minimum Gasteiger partial charge on any atom is -0.491 e. The molecule has 0 bridgehead atoms. The number of aryl methyl sites for hydroxylation is 2. The van der Waals surface area contributed by atoms with Crippen LogP contribution in [0.4, 0.5) is 0 Å². The van der Waals surface area contributed by atoms with Crippen LogP contribution in [0.25, 0.3) is 0 Å². The molecule has 0 aromatic heterocycles. The highest BCUT2D eigenvalue weighted by Gasteiger charge is 2.03. The fourth-order valence-electron chi connectivity index (χ4n) is 1.05. The fourth-order valence-corrected chi connectivity index (χ4v) is 1.05. The molecular weight excluding hydrogens is 180 g/mol. The van der Waals surface area contributed by atoms with E-state index in [9.17, 15) is 0 Å². The van der Waals surface area contributed by atoms with Gasteiger partial charge in [0.15, 0.2) is 0 Å². The van der Waals surface area contributed by atoms with Crippen LogP contribution in [0.5, 0.6) is 5.75 Å². The molecule has 1 aromatic carbocycles. The van der Waals surface area contributed by atoms with Gasteiger partial charge in [-0.1, -0.05) is 6.07 Å². The number of benzene rings is 1. The van der Waals surface area contributed by atoms with Gasteiger partial charge in [0.05, 0.1) is 6.61 Å². The van der Waals surface area contributed by atoms with Crippen LogP contribution < -0.4 is 4.74 Å². The molecule has 1 aromatic rings. The van der Waals surface area contributed by atoms with Crippen LogP contribution in [-0.4, -0.2) is 29.5 Å². The monoisotopic (exact) mass is 196 g/mol. The van der Waals surface area contributed by atoms with E-state index in [-0.39, 0.29) is 13.2 Å². The third-order valence-electron chi connectivity index (χ3n) is 2.13. The minimum atomic E-state index is -0.809. The lowest BCUT2D eigenvalue weighted by molar-refractivity contribution is 0.0536. The summed E-state index contributed by atoms with van der Waals surface area (Å²) in [7, 11) is 0. The van der Waals surface area contributed by atoms with E-state index in [0.29, 0.717) is 0 Å². The number of aliphatic hydroxyl groups is 2. The summed E-state index contributed by atoms with van der Waals surface area (Å²) >= 11 is 0.